The number of nitrogens with one attached hydrogen (secondary N) is 1. The number of ether oxygens (including phenoxy) is 1. The largest absolute Gasteiger partial charge is 0.463 e. The molecule has 8 nitrogen and oxygen atoms in total. The Balaban J connectivity index is 2.45. The van der Waals surface area contributed by atoms with E-state index in [1.807, 2.05) is 44.2 Å². The highest BCUT2D eigenvalue weighted by Crippen LogP contribution is 2.31. The number of carbonyl (C=O) groups excluding carboxylic acids is 2. The molecule has 0 bridgehead atoms. The third-order valence-electron chi connectivity index (χ3n) is 6.12. The van der Waals surface area contributed by atoms with Gasteiger partial charge < -0.3 is 10.5 Å². The van der Waals surface area contributed by atoms with Crippen molar-refractivity contribution >= 4 is 34.5 Å². The van der Waals surface area contributed by atoms with Gasteiger partial charge in [-0.2, -0.15) is 12.6 Å². The van der Waals surface area contributed by atoms with Crippen LogP contribution in [-0.2, 0) is 30.8 Å². The zero-order chi connectivity index (χ0) is 24.6. The van der Waals surface area contributed by atoms with Crippen molar-refractivity contribution in [1.82, 2.24) is 9.62 Å². The lowest BCUT2D eigenvalue weighted by atomic mass is 9.98. The Bertz CT molecular complexity index is 897. The molecule has 1 heterocycles. The maximum atomic E-state index is 13.7. The van der Waals surface area contributed by atoms with Crippen LogP contribution >= 0.6 is 12.6 Å². The normalized spacial score (nSPS) is 21.3. The van der Waals surface area contributed by atoms with Crippen molar-refractivity contribution < 1.29 is 22.7 Å². The number of thiol groups is 1. The molecule has 3 N–H and O–H groups in total. The first-order valence-corrected chi connectivity index (χ1v) is 13.7. The lowest BCUT2D eigenvalue weighted by molar-refractivity contribution is -0.153. The molecular formula is C23H37N3O5S2. The average Bonchev–Trinajstić information content (AvgIpc) is 3.16. The van der Waals surface area contributed by atoms with Crippen molar-refractivity contribution in [1.29, 1.82) is 0 Å². The third kappa shape index (κ3) is 6.94. The quantitative estimate of drug-likeness (QED) is 0.216. The summed E-state index contributed by atoms with van der Waals surface area (Å²) in [5.41, 5.74) is 5.07. The summed E-state index contributed by atoms with van der Waals surface area (Å²) in [5.74, 6) is -1.82. The second-order valence-corrected chi connectivity index (χ2v) is 11.2. The van der Waals surface area contributed by atoms with E-state index < -0.39 is 39.5 Å². The predicted octanol–water partition coefficient (Wildman–Crippen LogP) is 1.95. The molecule has 1 amide bonds. The van der Waals surface area contributed by atoms with E-state index in [0.717, 1.165) is 16.3 Å². The molecule has 2 rings (SSSR count). The molecule has 1 aliphatic rings. The Morgan fingerprint density at radius 3 is 2.52 bits per heavy atom. The summed E-state index contributed by atoms with van der Waals surface area (Å²) in [4.78, 5) is 26.7. The molecule has 0 saturated carbocycles. The number of nitrogens with two attached hydrogens (primary N) is 1. The second kappa shape index (κ2) is 12.2. The first kappa shape index (κ1) is 27.6. The smallest absolute Gasteiger partial charge is 0.348 e. The van der Waals surface area contributed by atoms with Gasteiger partial charge in [-0.3, -0.25) is 10.1 Å². The number of rotatable bonds is 13. The van der Waals surface area contributed by atoms with Crippen LogP contribution < -0.4 is 11.1 Å². The highest BCUT2D eigenvalue weighted by atomic mass is 32.2. The number of amides is 1. The van der Waals surface area contributed by atoms with Crippen LogP contribution in [0, 0.1) is 11.8 Å². The number of nitrogens with zero attached hydrogens (tertiary/aromatic N) is 1. The van der Waals surface area contributed by atoms with Crippen LogP contribution in [0.5, 0.6) is 0 Å². The van der Waals surface area contributed by atoms with Gasteiger partial charge in [0.15, 0.2) is 0 Å². The lowest BCUT2D eigenvalue weighted by Crippen LogP contribution is -2.68. The van der Waals surface area contributed by atoms with E-state index in [1.54, 1.807) is 6.92 Å². The zero-order valence-corrected chi connectivity index (χ0v) is 21.4. The molecule has 0 aliphatic carbocycles. The first-order chi connectivity index (χ1) is 15.6. The summed E-state index contributed by atoms with van der Waals surface area (Å²) >= 11 is 4.17. The number of sulfonamides is 1. The Labute approximate surface area is 203 Å². The van der Waals surface area contributed by atoms with Gasteiger partial charge in [0.25, 0.3) is 0 Å². The number of hydrogen-bond acceptors (Lipinski definition) is 8. The van der Waals surface area contributed by atoms with Crippen LogP contribution in [0.3, 0.4) is 0 Å². The molecule has 1 aliphatic heterocycles. The number of cyclic esters (lactones) is 1. The number of hydrogen-bond donors (Lipinski definition) is 3. The summed E-state index contributed by atoms with van der Waals surface area (Å²) in [6.45, 7) is 5.75. The van der Waals surface area contributed by atoms with Gasteiger partial charge in [0.2, 0.25) is 21.6 Å². The van der Waals surface area contributed by atoms with E-state index in [4.69, 9.17) is 10.5 Å². The fraction of sp³-hybridized carbons (Fsp3) is 0.652. The van der Waals surface area contributed by atoms with Gasteiger partial charge in [0, 0.05) is 30.7 Å². The molecule has 2 unspecified atom stereocenters. The fourth-order valence-corrected chi connectivity index (χ4v) is 5.93. The molecule has 1 aromatic rings. The van der Waals surface area contributed by atoms with E-state index in [2.05, 4.69) is 17.9 Å². The van der Waals surface area contributed by atoms with Crippen LogP contribution in [0.1, 0.15) is 45.6 Å². The average molecular weight is 500 g/mol. The summed E-state index contributed by atoms with van der Waals surface area (Å²) in [6, 6.07) is 8.94. The van der Waals surface area contributed by atoms with Crippen LogP contribution in [0.4, 0.5) is 0 Å². The molecule has 4 atom stereocenters. The third-order valence-corrected chi connectivity index (χ3v) is 8.39. The Kier molecular flexibility index (Phi) is 10.2. The van der Waals surface area contributed by atoms with Crippen molar-refractivity contribution in [2.45, 2.75) is 58.2 Å². The van der Waals surface area contributed by atoms with Crippen LogP contribution in [0.25, 0.3) is 0 Å². The van der Waals surface area contributed by atoms with Crippen LogP contribution in [0.2, 0.25) is 0 Å². The van der Waals surface area contributed by atoms with Crippen molar-refractivity contribution in [3.05, 3.63) is 35.9 Å². The van der Waals surface area contributed by atoms with Gasteiger partial charge in [-0.15, -0.1) is 0 Å². The maximum Gasteiger partial charge on any atom is 0.348 e. The molecule has 1 saturated heterocycles. The lowest BCUT2D eigenvalue weighted by Gasteiger charge is -2.39. The zero-order valence-electron chi connectivity index (χ0n) is 19.7. The SMILES string of the molecule is CC[C@H](C)CCS(=O)(=O)N(C(=O)C(C)Cc1ccccc1)[C@@]1(NCC(N)CS)CCOC1=O. The van der Waals surface area contributed by atoms with Crippen molar-refractivity contribution in [2.75, 3.05) is 24.7 Å². The standard InChI is InChI=1S/C23H37N3O5S2/c1-4-17(2)10-13-33(29,30)26(21(27)18(3)14-19-8-6-5-7-9-19)23(11-12-31-22(23)28)25-15-20(24)16-32/h5-9,17-18,20,25,32H,4,10-16,24H2,1-3H3/t17-,18?,20?,23-/m0/s1. The summed E-state index contributed by atoms with van der Waals surface area (Å²) < 4.78 is 33.2. The van der Waals surface area contributed by atoms with Gasteiger partial charge in [-0.1, -0.05) is 57.5 Å². The Morgan fingerprint density at radius 1 is 1.30 bits per heavy atom. The highest BCUT2D eigenvalue weighted by molar-refractivity contribution is 7.89. The van der Waals surface area contributed by atoms with Gasteiger partial charge >= 0.3 is 5.97 Å². The molecule has 1 aromatic carbocycles. The summed E-state index contributed by atoms with van der Waals surface area (Å²) in [7, 11) is -4.13. The van der Waals surface area contributed by atoms with Crippen molar-refractivity contribution in [3.8, 4) is 0 Å². The topological polar surface area (TPSA) is 119 Å². The van der Waals surface area contributed by atoms with Crippen LogP contribution in [-0.4, -0.2) is 61.0 Å². The minimum absolute atomic E-state index is 0.0136. The number of esters is 1. The monoisotopic (exact) mass is 499 g/mol. The minimum atomic E-state index is -4.13. The van der Waals surface area contributed by atoms with Gasteiger partial charge in [-0.25, -0.2) is 17.5 Å². The number of benzene rings is 1. The molecule has 0 radical (unpaired) electrons. The van der Waals surface area contributed by atoms with E-state index in [9.17, 15) is 18.0 Å². The van der Waals surface area contributed by atoms with Crippen molar-refractivity contribution in [2.24, 2.45) is 17.6 Å². The summed E-state index contributed by atoms with van der Waals surface area (Å²) in [5, 5.41) is 2.98. The maximum absolute atomic E-state index is 13.7. The van der Waals surface area contributed by atoms with E-state index in [0.29, 0.717) is 18.6 Å². The van der Waals surface area contributed by atoms with E-state index in [-0.39, 0.29) is 31.2 Å². The van der Waals surface area contributed by atoms with Gasteiger partial charge in [0.05, 0.1) is 12.4 Å². The van der Waals surface area contributed by atoms with Crippen molar-refractivity contribution in [3.63, 3.8) is 0 Å². The van der Waals surface area contributed by atoms with Gasteiger partial charge in [0.1, 0.15) is 0 Å². The highest BCUT2D eigenvalue weighted by Gasteiger charge is 2.56. The Hall–Kier alpha value is -1.62. The number of carbonyl (C=O) groups is 2. The molecule has 0 spiro atoms. The first-order valence-electron chi connectivity index (χ1n) is 11.5. The van der Waals surface area contributed by atoms with E-state index >= 15 is 0 Å². The van der Waals surface area contributed by atoms with E-state index in [1.165, 1.54) is 0 Å². The van der Waals surface area contributed by atoms with Crippen LogP contribution in [0.15, 0.2) is 30.3 Å². The predicted molar refractivity (Wildman–Crippen MR) is 132 cm³/mol. The summed E-state index contributed by atoms with van der Waals surface area (Å²) in [6.07, 6.45) is 1.57. The Morgan fingerprint density at radius 2 is 1.97 bits per heavy atom. The molecule has 0 aromatic heterocycles. The second-order valence-electron chi connectivity index (χ2n) is 8.88. The minimum Gasteiger partial charge on any atom is -0.463 e. The molecule has 33 heavy (non-hydrogen) atoms. The molecule has 186 valence electrons. The fourth-order valence-electron chi connectivity index (χ4n) is 3.76. The van der Waals surface area contributed by atoms with Gasteiger partial charge in [-0.05, 0) is 24.3 Å². The molecule has 1 fully saturated rings. The molecular weight excluding hydrogens is 462 g/mol. The molecule has 10 heteroatoms.